The summed E-state index contributed by atoms with van der Waals surface area (Å²) in [5.74, 6) is -0.0254. The van der Waals surface area contributed by atoms with E-state index in [0.29, 0.717) is 6.42 Å². The van der Waals surface area contributed by atoms with Gasteiger partial charge in [0.15, 0.2) is 0 Å². The van der Waals surface area contributed by atoms with E-state index in [2.05, 4.69) is 13.5 Å². The number of allylic oxidation sites excluding steroid dienone is 1. The summed E-state index contributed by atoms with van der Waals surface area (Å²) in [5, 5.41) is 0. The fourth-order valence-electron chi connectivity index (χ4n) is 2.01. The Morgan fingerprint density at radius 2 is 1.78 bits per heavy atom. The molecule has 0 saturated carbocycles. The highest BCUT2D eigenvalue weighted by Crippen LogP contribution is 2.10. The third-order valence-electron chi connectivity index (χ3n) is 3.07. The second-order valence-electron chi connectivity index (χ2n) is 5.04. The number of hydrogen-bond acceptors (Lipinski definition) is 2. The third-order valence-corrected chi connectivity index (χ3v) is 3.07. The van der Waals surface area contributed by atoms with Crippen LogP contribution in [0.15, 0.2) is 12.7 Å². The molecule has 0 aliphatic heterocycles. The fraction of sp³-hybridized carbons (Fsp3) is 0.812. The Balaban J connectivity index is 3.27. The Morgan fingerprint density at radius 3 is 2.39 bits per heavy atom. The highest BCUT2D eigenvalue weighted by molar-refractivity contribution is 5.69. The quantitative estimate of drug-likeness (QED) is 0.277. The Kier molecular flexibility index (Phi) is 12.1. The van der Waals surface area contributed by atoms with E-state index in [1.807, 2.05) is 13.0 Å². The van der Waals surface area contributed by atoms with Crippen molar-refractivity contribution < 1.29 is 9.53 Å². The van der Waals surface area contributed by atoms with Gasteiger partial charge in [0.2, 0.25) is 0 Å². The molecule has 0 bridgehead atoms. The molecule has 0 amide bonds. The lowest BCUT2D eigenvalue weighted by Crippen LogP contribution is -2.14. The summed E-state index contributed by atoms with van der Waals surface area (Å²) < 4.78 is 5.30. The van der Waals surface area contributed by atoms with E-state index in [1.54, 1.807) is 0 Å². The van der Waals surface area contributed by atoms with Crippen LogP contribution < -0.4 is 0 Å². The summed E-state index contributed by atoms with van der Waals surface area (Å²) in [5.41, 5.74) is 0. The minimum Gasteiger partial charge on any atom is -0.463 e. The van der Waals surface area contributed by atoms with Gasteiger partial charge in [0, 0.05) is 6.42 Å². The molecule has 106 valence electrons. The van der Waals surface area contributed by atoms with Gasteiger partial charge in [-0.1, -0.05) is 45.1 Å². The van der Waals surface area contributed by atoms with Gasteiger partial charge in [-0.25, -0.2) is 0 Å². The molecule has 0 rings (SSSR count). The van der Waals surface area contributed by atoms with Gasteiger partial charge in [-0.3, -0.25) is 4.79 Å². The van der Waals surface area contributed by atoms with Crippen LogP contribution in [0.25, 0.3) is 0 Å². The minimum atomic E-state index is -0.0254. The van der Waals surface area contributed by atoms with Crippen molar-refractivity contribution in [2.75, 3.05) is 0 Å². The maximum atomic E-state index is 11.5. The molecule has 0 aliphatic carbocycles. The van der Waals surface area contributed by atoms with E-state index in [1.165, 1.54) is 25.7 Å². The molecule has 2 nitrogen and oxygen atoms in total. The molecule has 1 unspecified atom stereocenters. The van der Waals surface area contributed by atoms with E-state index in [4.69, 9.17) is 4.74 Å². The van der Waals surface area contributed by atoms with Crippen molar-refractivity contribution in [2.45, 2.75) is 84.2 Å². The van der Waals surface area contributed by atoms with Gasteiger partial charge in [0.1, 0.15) is 0 Å². The zero-order chi connectivity index (χ0) is 13.6. The van der Waals surface area contributed by atoms with Crippen LogP contribution in [0.5, 0.6) is 0 Å². The van der Waals surface area contributed by atoms with Crippen molar-refractivity contribution >= 4 is 5.97 Å². The summed E-state index contributed by atoms with van der Waals surface area (Å²) in [6, 6.07) is 0. The first-order chi connectivity index (χ1) is 8.70. The molecule has 0 aromatic heterocycles. The summed E-state index contributed by atoms with van der Waals surface area (Å²) in [6.07, 6.45) is 13.0. The molecular formula is C16H30O2. The molecule has 0 heterocycles. The second kappa shape index (κ2) is 12.7. The van der Waals surface area contributed by atoms with Crippen LogP contribution in [-0.4, -0.2) is 12.1 Å². The summed E-state index contributed by atoms with van der Waals surface area (Å²) in [6.45, 7) is 7.79. The first-order valence-electron chi connectivity index (χ1n) is 7.51. The van der Waals surface area contributed by atoms with Gasteiger partial charge in [-0.2, -0.15) is 0 Å². The smallest absolute Gasteiger partial charge is 0.306 e. The van der Waals surface area contributed by atoms with Crippen LogP contribution in [0.2, 0.25) is 0 Å². The van der Waals surface area contributed by atoms with Crippen molar-refractivity contribution in [1.29, 1.82) is 0 Å². The number of hydrogen-bond donors (Lipinski definition) is 0. The van der Waals surface area contributed by atoms with Crippen molar-refractivity contribution in [3.63, 3.8) is 0 Å². The molecule has 18 heavy (non-hydrogen) atoms. The highest BCUT2D eigenvalue weighted by Gasteiger charge is 2.07. The summed E-state index contributed by atoms with van der Waals surface area (Å²) in [7, 11) is 0. The zero-order valence-electron chi connectivity index (χ0n) is 12.2. The molecule has 0 N–H and O–H groups in total. The molecule has 1 atom stereocenters. The monoisotopic (exact) mass is 254 g/mol. The standard InChI is InChI=1S/C16H30O2/c1-4-6-7-8-9-10-11-12-14-16(17)18-15(3)13-5-2/h4,15H,1,5-14H2,2-3H3. The Bertz CT molecular complexity index is 211. The third kappa shape index (κ3) is 11.7. The van der Waals surface area contributed by atoms with E-state index in [-0.39, 0.29) is 12.1 Å². The van der Waals surface area contributed by atoms with Crippen molar-refractivity contribution in [3.8, 4) is 0 Å². The first-order valence-corrected chi connectivity index (χ1v) is 7.51. The van der Waals surface area contributed by atoms with Crippen LogP contribution in [0.1, 0.15) is 78.1 Å². The minimum absolute atomic E-state index is 0.0254. The average molecular weight is 254 g/mol. The first kappa shape index (κ1) is 17.2. The lowest BCUT2D eigenvalue weighted by atomic mass is 10.1. The number of ether oxygens (including phenoxy) is 1. The fourth-order valence-corrected chi connectivity index (χ4v) is 2.01. The highest BCUT2D eigenvalue weighted by atomic mass is 16.5. The van der Waals surface area contributed by atoms with Crippen molar-refractivity contribution in [3.05, 3.63) is 12.7 Å². The van der Waals surface area contributed by atoms with Gasteiger partial charge in [0.05, 0.1) is 6.10 Å². The lowest BCUT2D eigenvalue weighted by molar-refractivity contribution is -0.148. The topological polar surface area (TPSA) is 26.3 Å². The van der Waals surface area contributed by atoms with E-state index < -0.39 is 0 Å². The SMILES string of the molecule is C=CCCCCCCCCC(=O)OC(C)CCC. The lowest BCUT2D eigenvalue weighted by Gasteiger charge is -2.11. The summed E-state index contributed by atoms with van der Waals surface area (Å²) in [4.78, 5) is 11.5. The number of carbonyl (C=O) groups excluding carboxylic acids is 1. The van der Waals surface area contributed by atoms with Gasteiger partial charge in [-0.05, 0) is 32.6 Å². The molecule has 0 fully saturated rings. The van der Waals surface area contributed by atoms with Crippen molar-refractivity contribution in [1.82, 2.24) is 0 Å². The maximum absolute atomic E-state index is 11.5. The average Bonchev–Trinajstić information content (AvgIpc) is 2.32. The Hall–Kier alpha value is -0.790. The van der Waals surface area contributed by atoms with Crippen LogP contribution in [0.3, 0.4) is 0 Å². The Labute approximate surface area is 113 Å². The predicted molar refractivity (Wildman–Crippen MR) is 77.6 cm³/mol. The van der Waals surface area contributed by atoms with Crippen LogP contribution in [0.4, 0.5) is 0 Å². The van der Waals surface area contributed by atoms with Gasteiger partial charge in [-0.15, -0.1) is 6.58 Å². The van der Waals surface area contributed by atoms with Crippen molar-refractivity contribution in [2.24, 2.45) is 0 Å². The largest absolute Gasteiger partial charge is 0.463 e. The molecule has 0 radical (unpaired) electrons. The van der Waals surface area contributed by atoms with Crippen LogP contribution in [0, 0.1) is 0 Å². The predicted octanol–water partition coefficient (Wildman–Crippen LogP) is 5.03. The molecular weight excluding hydrogens is 224 g/mol. The van der Waals surface area contributed by atoms with Crippen LogP contribution >= 0.6 is 0 Å². The summed E-state index contributed by atoms with van der Waals surface area (Å²) >= 11 is 0. The Morgan fingerprint density at radius 1 is 1.17 bits per heavy atom. The van der Waals surface area contributed by atoms with E-state index in [9.17, 15) is 4.79 Å². The zero-order valence-corrected chi connectivity index (χ0v) is 12.2. The molecule has 0 aliphatic rings. The van der Waals surface area contributed by atoms with Gasteiger partial charge < -0.3 is 4.74 Å². The molecule has 0 saturated heterocycles. The molecule has 2 heteroatoms. The number of rotatable bonds is 12. The van der Waals surface area contributed by atoms with Crippen LogP contribution in [-0.2, 0) is 9.53 Å². The number of esters is 1. The number of carbonyl (C=O) groups is 1. The second-order valence-corrected chi connectivity index (χ2v) is 5.04. The van der Waals surface area contributed by atoms with E-state index in [0.717, 1.165) is 32.1 Å². The van der Waals surface area contributed by atoms with Gasteiger partial charge in [0.25, 0.3) is 0 Å². The molecule has 0 spiro atoms. The molecule has 0 aromatic carbocycles. The normalized spacial score (nSPS) is 12.1. The maximum Gasteiger partial charge on any atom is 0.306 e. The molecule has 0 aromatic rings. The van der Waals surface area contributed by atoms with Gasteiger partial charge >= 0.3 is 5.97 Å². The number of unbranched alkanes of at least 4 members (excludes halogenated alkanes) is 6. The van der Waals surface area contributed by atoms with E-state index >= 15 is 0 Å².